The standard InChI is InChI=1S/C22H17Cl2F4N3O2S/c1-29-19(32)31-9-20(10-31)14-3-2-11(4-12(14)8-33-20)17-7-21(34-30-17,22(26,27)28)13-5-15(23)18(25)16(24)6-13/h2-6H,7-10H2,1H3,(H,29,32)/t21-/m0/s1. The van der Waals surface area contributed by atoms with Crippen LogP contribution in [0, 0.1) is 5.82 Å². The second-order valence-electron chi connectivity index (χ2n) is 8.45. The van der Waals surface area contributed by atoms with Gasteiger partial charge in [-0.15, -0.1) is 0 Å². The number of halogens is 6. The van der Waals surface area contributed by atoms with Crippen LogP contribution in [0.1, 0.15) is 28.7 Å². The first kappa shape index (κ1) is 23.7. The molecular formula is C22H17Cl2F4N3O2S. The van der Waals surface area contributed by atoms with Crippen molar-refractivity contribution in [2.75, 3.05) is 20.1 Å². The molecule has 0 saturated carbocycles. The average Bonchev–Trinajstić information content (AvgIpc) is 3.38. The summed E-state index contributed by atoms with van der Waals surface area (Å²) in [6.07, 6.45) is -5.17. The van der Waals surface area contributed by atoms with Crippen molar-refractivity contribution in [2.24, 2.45) is 4.40 Å². The predicted molar refractivity (Wildman–Crippen MR) is 122 cm³/mol. The maximum Gasteiger partial charge on any atom is 0.409 e. The number of ether oxygens (including phenoxy) is 1. The van der Waals surface area contributed by atoms with E-state index in [1.807, 2.05) is 6.07 Å². The second kappa shape index (κ2) is 8.01. The van der Waals surface area contributed by atoms with Crippen LogP contribution in [0.5, 0.6) is 0 Å². The Morgan fingerprint density at radius 3 is 2.50 bits per heavy atom. The quantitative estimate of drug-likeness (QED) is 0.301. The Morgan fingerprint density at radius 1 is 1.21 bits per heavy atom. The molecule has 0 bridgehead atoms. The molecule has 0 aromatic heterocycles. The Hall–Kier alpha value is -2.01. The van der Waals surface area contributed by atoms with Crippen molar-refractivity contribution < 1.29 is 27.1 Å². The zero-order valence-corrected chi connectivity index (χ0v) is 19.9. The topological polar surface area (TPSA) is 53.9 Å². The van der Waals surface area contributed by atoms with E-state index in [1.54, 1.807) is 24.1 Å². The molecule has 5 rings (SSSR count). The molecule has 1 fully saturated rings. The Bertz CT molecular complexity index is 1210. The van der Waals surface area contributed by atoms with Crippen molar-refractivity contribution in [1.29, 1.82) is 0 Å². The van der Waals surface area contributed by atoms with Gasteiger partial charge in [-0.2, -0.15) is 13.2 Å². The molecule has 0 radical (unpaired) electrons. The first-order valence-corrected chi connectivity index (χ1v) is 11.7. The van der Waals surface area contributed by atoms with Gasteiger partial charge in [0.1, 0.15) is 5.60 Å². The molecule has 2 aromatic rings. The Balaban J connectivity index is 1.43. The average molecular weight is 534 g/mol. The number of hydrogen-bond donors (Lipinski definition) is 1. The smallest absolute Gasteiger partial charge is 0.362 e. The molecular weight excluding hydrogens is 517 g/mol. The maximum atomic E-state index is 14.3. The van der Waals surface area contributed by atoms with Gasteiger partial charge in [0.15, 0.2) is 10.6 Å². The van der Waals surface area contributed by atoms with Crippen LogP contribution in [0.2, 0.25) is 10.0 Å². The molecule has 34 heavy (non-hydrogen) atoms. The van der Waals surface area contributed by atoms with Crippen LogP contribution in [0.3, 0.4) is 0 Å². The lowest BCUT2D eigenvalue weighted by Gasteiger charge is -2.47. The first-order valence-electron chi connectivity index (χ1n) is 10.2. The number of likely N-dealkylation sites (tertiary alicyclic amines) is 1. The zero-order valence-electron chi connectivity index (χ0n) is 17.6. The minimum atomic E-state index is -4.70. The molecule has 3 aliphatic heterocycles. The summed E-state index contributed by atoms with van der Waals surface area (Å²) in [6, 6.07) is 7.04. The highest BCUT2D eigenvalue weighted by molar-refractivity contribution is 7.99. The summed E-state index contributed by atoms with van der Waals surface area (Å²) in [4.78, 5) is 13.4. The number of carbonyl (C=O) groups excluding carboxylic acids is 1. The third kappa shape index (κ3) is 3.49. The molecule has 3 aliphatic rings. The number of alkyl halides is 3. The molecule has 2 amide bonds. The van der Waals surface area contributed by atoms with Gasteiger partial charge in [0.05, 0.1) is 35.5 Å². The summed E-state index contributed by atoms with van der Waals surface area (Å²) < 4.78 is 64.5. The SMILES string of the molecule is CNC(=O)N1CC2(C1)OCc1cc(C3=NS[C@@](c4cc(Cl)c(F)c(Cl)c4)(C(F)(F)F)C3)ccc12. The second-order valence-corrected chi connectivity index (χ2v) is 10.3. The van der Waals surface area contributed by atoms with Gasteiger partial charge in [0, 0.05) is 13.5 Å². The number of nitrogens with one attached hydrogen (secondary N) is 1. The van der Waals surface area contributed by atoms with Crippen molar-refractivity contribution in [1.82, 2.24) is 10.2 Å². The fourth-order valence-electron chi connectivity index (χ4n) is 4.61. The highest BCUT2D eigenvalue weighted by Gasteiger charge is 2.60. The van der Waals surface area contributed by atoms with Crippen molar-refractivity contribution in [3.8, 4) is 0 Å². The van der Waals surface area contributed by atoms with Crippen molar-refractivity contribution in [2.45, 2.75) is 29.6 Å². The highest BCUT2D eigenvalue weighted by atomic mass is 35.5. The Kier molecular flexibility index (Phi) is 5.59. The summed E-state index contributed by atoms with van der Waals surface area (Å²) in [5.74, 6) is -0.966. The number of fused-ring (bicyclic) bond motifs is 2. The molecule has 0 unspecified atom stereocenters. The molecule has 1 saturated heterocycles. The molecule has 2 aromatic carbocycles. The summed E-state index contributed by atoms with van der Waals surface area (Å²) in [6.45, 7) is 1.09. The van der Waals surface area contributed by atoms with Crippen molar-refractivity contribution in [3.05, 3.63) is 68.4 Å². The van der Waals surface area contributed by atoms with Gasteiger partial charge < -0.3 is 15.0 Å². The number of urea groups is 1. The van der Waals surface area contributed by atoms with E-state index in [0.29, 0.717) is 37.2 Å². The first-order chi connectivity index (χ1) is 16.0. The van der Waals surface area contributed by atoms with Gasteiger partial charge in [-0.25, -0.2) is 13.6 Å². The van der Waals surface area contributed by atoms with E-state index >= 15 is 0 Å². The van der Waals surface area contributed by atoms with Gasteiger partial charge >= 0.3 is 12.2 Å². The zero-order chi connectivity index (χ0) is 24.5. The minimum Gasteiger partial charge on any atom is -0.362 e. The highest BCUT2D eigenvalue weighted by Crippen LogP contribution is 2.57. The van der Waals surface area contributed by atoms with E-state index in [0.717, 1.165) is 23.3 Å². The number of nitrogens with zero attached hydrogens (tertiary/aromatic N) is 2. The third-order valence-electron chi connectivity index (χ3n) is 6.46. The van der Waals surface area contributed by atoms with Crippen LogP contribution in [-0.4, -0.2) is 43.0 Å². The van der Waals surface area contributed by atoms with Crippen LogP contribution in [-0.2, 0) is 21.7 Å². The van der Waals surface area contributed by atoms with E-state index in [2.05, 4.69) is 9.71 Å². The summed E-state index contributed by atoms with van der Waals surface area (Å²) >= 11 is 12.0. The lowest BCUT2D eigenvalue weighted by molar-refractivity contribution is -0.159. The van der Waals surface area contributed by atoms with E-state index < -0.39 is 38.8 Å². The summed E-state index contributed by atoms with van der Waals surface area (Å²) in [5.41, 5.74) is 1.71. The third-order valence-corrected chi connectivity index (χ3v) is 8.25. The van der Waals surface area contributed by atoms with Crippen LogP contribution < -0.4 is 5.32 Å². The number of hydrogen-bond acceptors (Lipinski definition) is 4. The molecule has 1 N–H and O–H groups in total. The van der Waals surface area contributed by atoms with E-state index in [9.17, 15) is 22.4 Å². The Morgan fingerprint density at radius 2 is 1.88 bits per heavy atom. The van der Waals surface area contributed by atoms with E-state index in [4.69, 9.17) is 27.9 Å². The van der Waals surface area contributed by atoms with Gasteiger partial charge in [-0.05, 0) is 52.4 Å². The van der Waals surface area contributed by atoms with Gasteiger partial charge in [0.2, 0.25) is 0 Å². The summed E-state index contributed by atoms with van der Waals surface area (Å²) in [5, 5.41) is 1.61. The van der Waals surface area contributed by atoms with Crippen molar-refractivity contribution in [3.63, 3.8) is 0 Å². The minimum absolute atomic E-state index is 0.193. The van der Waals surface area contributed by atoms with Crippen LogP contribution in [0.4, 0.5) is 22.4 Å². The van der Waals surface area contributed by atoms with Crippen LogP contribution in [0.25, 0.3) is 0 Å². The van der Waals surface area contributed by atoms with Gasteiger partial charge in [-0.1, -0.05) is 35.3 Å². The Labute approximate surface area is 206 Å². The largest absolute Gasteiger partial charge is 0.409 e. The lowest BCUT2D eigenvalue weighted by atomic mass is 9.83. The molecule has 0 aliphatic carbocycles. The lowest BCUT2D eigenvalue weighted by Crippen LogP contribution is -2.62. The molecule has 3 heterocycles. The number of rotatable bonds is 2. The van der Waals surface area contributed by atoms with Crippen LogP contribution >= 0.6 is 35.1 Å². The predicted octanol–water partition coefficient (Wildman–Crippen LogP) is 5.81. The number of carbonyl (C=O) groups is 1. The van der Waals surface area contributed by atoms with Gasteiger partial charge in [0.25, 0.3) is 0 Å². The molecule has 1 spiro atoms. The normalized spacial score (nSPS) is 23.0. The maximum absolute atomic E-state index is 14.3. The molecule has 180 valence electrons. The fourth-order valence-corrected chi connectivity index (χ4v) is 6.06. The number of benzene rings is 2. The molecule has 5 nitrogen and oxygen atoms in total. The van der Waals surface area contributed by atoms with Crippen molar-refractivity contribution >= 4 is 46.9 Å². The van der Waals surface area contributed by atoms with Gasteiger partial charge in [-0.3, -0.25) is 0 Å². The monoisotopic (exact) mass is 533 g/mol. The van der Waals surface area contributed by atoms with E-state index in [1.165, 1.54) is 0 Å². The fraction of sp³-hybridized carbons (Fsp3) is 0.364. The molecule has 12 heteroatoms. The van der Waals surface area contributed by atoms with Crippen LogP contribution in [0.15, 0.2) is 34.7 Å². The number of amides is 2. The summed E-state index contributed by atoms with van der Waals surface area (Å²) in [7, 11) is 1.55. The van der Waals surface area contributed by atoms with E-state index in [-0.39, 0.29) is 17.3 Å². The molecule has 1 atom stereocenters.